The molecule has 0 bridgehead atoms. The lowest BCUT2D eigenvalue weighted by Gasteiger charge is -2.27. The Labute approximate surface area is 191 Å². The Morgan fingerprint density at radius 3 is 2.72 bits per heavy atom. The molecule has 9 heteroatoms. The van der Waals surface area contributed by atoms with E-state index in [1.165, 1.54) is 10.9 Å². The zero-order chi connectivity index (χ0) is 22.7. The molecule has 1 N–H and O–H groups in total. The topological polar surface area (TPSA) is 89.6 Å². The lowest BCUT2D eigenvalue weighted by Crippen LogP contribution is -2.37. The first-order valence-corrected chi connectivity index (χ1v) is 10.9. The average molecular weight is 457 g/mol. The number of hydrogen-bond donors (Lipinski definition) is 1. The summed E-state index contributed by atoms with van der Waals surface area (Å²) in [5, 5.41) is 7.55. The Hall–Kier alpha value is -3.26. The molecule has 1 aliphatic rings. The van der Waals surface area contributed by atoms with Gasteiger partial charge in [-0.15, -0.1) is 0 Å². The number of carbonyl (C=O) groups is 2. The van der Waals surface area contributed by atoms with Crippen LogP contribution in [-0.2, 0) is 13.7 Å². The first-order chi connectivity index (χ1) is 15.4. The molecule has 0 unspecified atom stereocenters. The highest BCUT2D eigenvalue weighted by molar-refractivity contribution is 6.30. The van der Waals surface area contributed by atoms with E-state index in [9.17, 15) is 9.59 Å². The summed E-state index contributed by atoms with van der Waals surface area (Å²) in [6, 6.07) is 8.61. The molecule has 0 saturated carbocycles. The molecule has 0 radical (unpaired) electrons. The number of carbonyl (C=O) groups excluding carboxylic acids is 2. The molecule has 1 aliphatic heterocycles. The number of likely N-dealkylation sites (tertiary alicyclic amines) is 1. The highest BCUT2D eigenvalue weighted by Crippen LogP contribution is 2.24. The Balaban J connectivity index is 1.42. The Kier molecular flexibility index (Phi) is 6.50. The van der Waals surface area contributed by atoms with Crippen LogP contribution in [0.15, 0.2) is 40.9 Å². The monoisotopic (exact) mass is 456 g/mol. The van der Waals surface area contributed by atoms with E-state index in [0.29, 0.717) is 41.0 Å². The number of aryl methyl sites for hydroxylation is 2. The molecule has 3 aromatic rings. The fraction of sp³-hybridized carbons (Fsp3) is 0.348. The smallest absolute Gasteiger partial charge is 0.291 e. The first-order valence-electron chi connectivity index (χ1n) is 10.5. The number of anilines is 1. The second-order valence-corrected chi connectivity index (χ2v) is 8.24. The molecule has 3 heterocycles. The average Bonchev–Trinajstić information content (AvgIpc) is 3.40. The highest BCUT2D eigenvalue weighted by atomic mass is 35.5. The summed E-state index contributed by atoms with van der Waals surface area (Å²) in [4.78, 5) is 27.5. The quantitative estimate of drug-likeness (QED) is 0.592. The zero-order valence-electron chi connectivity index (χ0n) is 18.1. The van der Waals surface area contributed by atoms with E-state index in [-0.39, 0.29) is 18.3 Å². The van der Waals surface area contributed by atoms with Crippen molar-refractivity contribution in [2.24, 2.45) is 7.05 Å². The number of benzene rings is 1. The normalized spacial score (nSPS) is 13.8. The Morgan fingerprint density at radius 1 is 1.19 bits per heavy atom. The molecular formula is C23H25ClN4O4. The fourth-order valence-electron chi connectivity index (χ4n) is 3.71. The maximum Gasteiger partial charge on any atom is 0.291 e. The first kappa shape index (κ1) is 22.0. The van der Waals surface area contributed by atoms with Gasteiger partial charge in [0, 0.05) is 25.2 Å². The molecular weight excluding hydrogens is 432 g/mol. The van der Waals surface area contributed by atoms with Gasteiger partial charge in [0.05, 0.1) is 11.9 Å². The minimum atomic E-state index is -0.459. The number of aromatic nitrogens is 2. The van der Waals surface area contributed by atoms with Crippen molar-refractivity contribution in [2.45, 2.75) is 32.8 Å². The molecule has 1 saturated heterocycles. The van der Waals surface area contributed by atoms with E-state index in [4.69, 9.17) is 20.8 Å². The van der Waals surface area contributed by atoms with Crippen LogP contribution in [0.2, 0.25) is 5.02 Å². The minimum absolute atomic E-state index is 0.122. The number of hydrogen-bond acceptors (Lipinski definition) is 5. The van der Waals surface area contributed by atoms with Crippen LogP contribution in [0.3, 0.4) is 0 Å². The van der Waals surface area contributed by atoms with Crippen LogP contribution in [0.5, 0.6) is 5.75 Å². The number of furan rings is 1. The number of rotatable bonds is 6. The van der Waals surface area contributed by atoms with Crippen molar-refractivity contribution in [3.8, 4) is 5.75 Å². The molecule has 1 fully saturated rings. The largest absolute Gasteiger partial charge is 0.485 e. The van der Waals surface area contributed by atoms with Crippen molar-refractivity contribution in [1.29, 1.82) is 0 Å². The van der Waals surface area contributed by atoms with Gasteiger partial charge in [-0.3, -0.25) is 14.3 Å². The van der Waals surface area contributed by atoms with Gasteiger partial charge in [0.2, 0.25) is 0 Å². The van der Waals surface area contributed by atoms with Gasteiger partial charge < -0.3 is 19.4 Å². The van der Waals surface area contributed by atoms with E-state index in [1.54, 1.807) is 36.2 Å². The standard InChI is InChI=1S/C23H25ClN4O4/c1-15-12-16(24)6-8-19(15)31-14-17-7-9-20(32-17)22(29)26-18-13-25-27(2)21(18)23(30)28-10-4-3-5-11-28/h6-9,12-13H,3-5,10-11,14H2,1-2H3,(H,26,29). The molecule has 0 atom stereocenters. The van der Waals surface area contributed by atoms with Gasteiger partial charge >= 0.3 is 0 Å². The number of ether oxygens (including phenoxy) is 1. The van der Waals surface area contributed by atoms with Gasteiger partial charge in [-0.05, 0) is 62.1 Å². The summed E-state index contributed by atoms with van der Waals surface area (Å²) < 4.78 is 12.9. The zero-order valence-corrected chi connectivity index (χ0v) is 18.8. The van der Waals surface area contributed by atoms with Gasteiger partial charge in [-0.1, -0.05) is 11.6 Å². The Bertz CT molecular complexity index is 1130. The van der Waals surface area contributed by atoms with E-state index in [1.807, 2.05) is 13.0 Å². The summed E-state index contributed by atoms with van der Waals surface area (Å²) in [7, 11) is 1.69. The van der Waals surface area contributed by atoms with Crippen LogP contribution in [0.1, 0.15) is 51.6 Å². The predicted molar refractivity (Wildman–Crippen MR) is 120 cm³/mol. The fourth-order valence-corrected chi connectivity index (χ4v) is 3.94. The number of nitrogens with one attached hydrogen (secondary N) is 1. The summed E-state index contributed by atoms with van der Waals surface area (Å²) in [6.07, 6.45) is 4.57. The van der Waals surface area contributed by atoms with Crippen molar-refractivity contribution in [1.82, 2.24) is 14.7 Å². The van der Waals surface area contributed by atoms with Gasteiger partial charge in [-0.2, -0.15) is 5.10 Å². The molecule has 168 valence electrons. The van der Waals surface area contributed by atoms with Gasteiger partial charge in [0.25, 0.3) is 11.8 Å². The second kappa shape index (κ2) is 9.48. The third-order valence-corrected chi connectivity index (χ3v) is 5.66. The molecule has 2 aromatic heterocycles. The van der Waals surface area contributed by atoms with E-state index in [0.717, 1.165) is 24.8 Å². The summed E-state index contributed by atoms with van der Waals surface area (Å²) >= 11 is 5.97. The van der Waals surface area contributed by atoms with Crippen LogP contribution < -0.4 is 10.1 Å². The summed E-state index contributed by atoms with van der Waals surface area (Å²) in [5.41, 5.74) is 1.62. The van der Waals surface area contributed by atoms with Crippen LogP contribution in [0, 0.1) is 6.92 Å². The van der Waals surface area contributed by atoms with Crippen LogP contribution in [0.25, 0.3) is 0 Å². The van der Waals surface area contributed by atoms with Crippen LogP contribution in [0.4, 0.5) is 5.69 Å². The number of piperidine rings is 1. The third-order valence-electron chi connectivity index (χ3n) is 5.43. The van der Waals surface area contributed by atoms with Crippen molar-refractivity contribution in [3.05, 3.63) is 64.3 Å². The maximum absolute atomic E-state index is 13.0. The van der Waals surface area contributed by atoms with Gasteiger partial charge in [0.15, 0.2) is 5.76 Å². The van der Waals surface area contributed by atoms with E-state index >= 15 is 0 Å². The van der Waals surface area contributed by atoms with Crippen LogP contribution in [-0.4, -0.2) is 39.6 Å². The maximum atomic E-state index is 13.0. The second-order valence-electron chi connectivity index (χ2n) is 7.80. The summed E-state index contributed by atoms with van der Waals surface area (Å²) in [6.45, 7) is 3.50. The summed E-state index contributed by atoms with van der Waals surface area (Å²) in [5.74, 6) is 0.719. The SMILES string of the molecule is Cc1cc(Cl)ccc1OCc1ccc(C(=O)Nc2cnn(C)c2C(=O)N2CCCCC2)o1. The molecule has 4 rings (SSSR count). The molecule has 32 heavy (non-hydrogen) atoms. The molecule has 0 spiro atoms. The number of halogens is 1. The number of amides is 2. The van der Waals surface area contributed by atoms with Crippen molar-refractivity contribution >= 4 is 29.1 Å². The highest BCUT2D eigenvalue weighted by Gasteiger charge is 2.25. The van der Waals surface area contributed by atoms with Crippen LogP contribution >= 0.6 is 11.6 Å². The molecule has 8 nitrogen and oxygen atoms in total. The Morgan fingerprint density at radius 2 is 1.97 bits per heavy atom. The molecule has 0 aliphatic carbocycles. The van der Waals surface area contributed by atoms with E-state index < -0.39 is 5.91 Å². The predicted octanol–water partition coefficient (Wildman–Crippen LogP) is 4.43. The van der Waals surface area contributed by atoms with E-state index in [2.05, 4.69) is 10.4 Å². The molecule has 1 aromatic carbocycles. The minimum Gasteiger partial charge on any atom is -0.485 e. The van der Waals surface area contributed by atoms with Crippen molar-refractivity contribution in [2.75, 3.05) is 18.4 Å². The lowest BCUT2D eigenvalue weighted by atomic mass is 10.1. The van der Waals surface area contributed by atoms with Crippen molar-refractivity contribution in [3.63, 3.8) is 0 Å². The van der Waals surface area contributed by atoms with Gasteiger partial charge in [-0.25, -0.2) is 0 Å². The molecule has 2 amide bonds. The lowest BCUT2D eigenvalue weighted by molar-refractivity contribution is 0.0714. The van der Waals surface area contributed by atoms with Crippen molar-refractivity contribution < 1.29 is 18.7 Å². The third kappa shape index (κ3) is 4.80. The van der Waals surface area contributed by atoms with Gasteiger partial charge in [0.1, 0.15) is 23.8 Å². The number of nitrogens with zero attached hydrogens (tertiary/aromatic N) is 3.